The van der Waals surface area contributed by atoms with Gasteiger partial charge < -0.3 is 14.6 Å². The van der Waals surface area contributed by atoms with Crippen LogP contribution in [-0.4, -0.2) is 10.2 Å². The van der Waals surface area contributed by atoms with Crippen LogP contribution in [0.25, 0.3) is 11.0 Å². The molecule has 0 spiro atoms. The first-order valence-electron chi connectivity index (χ1n) is 9.73. The van der Waals surface area contributed by atoms with E-state index in [-0.39, 0.29) is 23.3 Å². The average Bonchev–Trinajstić information content (AvgIpc) is 2.74. The van der Waals surface area contributed by atoms with Crippen molar-refractivity contribution in [2.24, 2.45) is 0 Å². The lowest BCUT2D eigenvalue weighted by Crippen LogP contribution is -2.23. The fourth-order valence-corrected chi connectivity index (χ4v) is 4.55. The van der Waals surface area contributed by atoms with Gasteiger partial charge in [-0.3, -0.25) is 0 Å². The Morgan fingerprint density at radius 1 is 0.862 bits per heavy atom. The van der Waals surface area contributed by atoms with E-state index in [0.29, 0.717) is 23.0 Å². The third-order valence-corrected chi connectivity index (χ3v) is 5.95. The first-order chi connectivity index (χ1) is 14.1. The Labute approximate surface area is 167 Å². The van der Waals surface area contributed by atoms with E-state index in [1.807, 2.05) is 36.4 Å². The van der Waals surface area contributed by atoms with Gasteiger partial charge in [0.25, 0.3) is 0 Å². The number of benzene rings is 3. The summed E-state index contributed by atoms with van der Waals surface area (Å²) in [6.45, 7) is 0. The minimum atomic E-state index is -0.493. The lowest BCUT2D eigenvalue weighted by molar-refractivity contribution is 0.437. The highest BCUT2D eigenvalue weighted by atomic mass is 16.4. The number of phenolic OH excluding ortho intramolecular Hbond substituents is 1. The fourth-order valence-electron chi connectivity index (χ4n) is 4.55. The van der Waals surface area contributed by atoms with Crippen molar-refractivity contribution in [3.05, 3.63) is 105 Å². The molecule has 0 amide bonds. The second kappa shape index (κ2) is 6.82. The molecule has 0 saturated heterocycles. The molecular formula is C25H20O4. The highest BCUT2D eigenvalue weighted by Crippen LogP contribution is 2.45. The summed E-state index contributed by atoms with van der Waals surface area (Å²) in [7, 11) is 0. The number of hydrogen-bond acceptors (Lipinski definition) is 4. The van der Waals surface area contributed by atoms with Crippen molar-refractivity contribution >= 4 is 11.0 Å². The zero-order valence-corrected chi connectivity index (χ0v) is 15.7. The fraction of sp³-hybridized carbons (Fsp3) is 0.160. The Balaban J connectivity index is 1.68. The Hall–Kier alpha value is -3.53. The van der Waals surface area contributed by atoms with E-state index in [0.717, 1.165) is 23.1 Å². The largest absolute Gasteiger partial charge is 0.508 e. The molecule has 0 fully saturated rings. The monoisotopic (exact) mass is 384 g/mol. The van der Waals surface area contributed by atoms with E-state index < -0.39 is 5.63 Å². The van der Waals surface area contributed by atoms with Gasteiger partial charge in [0, 0.05) is 5.92 Å². The second-order valence-electron chi connectivity index (χ2n) is 7.63. The second-order valence-corrected chi connectivity index (χ2v) is 7.63. The van der Waals surface area contributed by atoms with Gasteiger partial charge >= 0.3 is 5.63 Å². The quantitative estimate of drug-likeness (QED) is 0.474. The molecule has 4 nitrogen and oxygen atoms in total. The molecule has 3 aromatic carbocycles. The maximum Gasteiger partial charge on any atom is 0.343 e. The van der Waals surface area contributed by atoms with Crippen molar-refractivity contribution in [1.29, 1.82) is 0 Å². The van der Waals surface area contributed by atoms with E-state index in [9.17, 15) is 15.0 Å². The molecule has 2 atom stereocenters. The van der Waals surface area contributed by atoms with Crippen LogP contribution in [0.5, 0.6) is 11.5 Å². The van der Waals surface area contributed by atoms with E-state index in [1.54, 1.807) is 30.3 Å². The molecule has 0 bridgehead atoms. The van der Waals surface area contributed by atoms with Crippen LogP contribution in [0.3, 0.4) is 0 Å². The zero-order valence-electron chi connectivity index (χ0n) is 15.7. The Bertz CT molecular complexity index is 1250. The molecular weight excluding hydrogens is 364 g/mol. The number of para-hydroxylation sites is 1. The maximum absolute atomic E-state index is 12.9. The number of phenols is 1. The lowest BCUT2D eigenvalue weighted by atomic mass is 9.72. The lowest BCUT2D eigenvalue weighted by Gasteiger charge is -2.32. The maximum atomic E-state index is 12.9. The normalized spacial score (nSPS) is 18.5. The number of fused-ring (bicyclic) bond motifs is 2. The zero-order chi connectivity index (χ0) is 20.0. The Morgan fingerprint density at radius 2 is 1.59 bits per heavy atom. The molecule has 2 unspecified atom stereocenters. The highest BCUT2D eigenvalue weighted by Gasteiger charge is 2.33. The van der Waals surface area contributed by atoms with Gasteiger partial charge in [-0.15, -0.1) is 0 Å². The van der Waals surface area contributed by atoms with Crippen LogP contribution in [0.4, 0.5) is 0 Å². The van der Waals surface area contributed by atoms with E-state index in [1.165, 1.54) is 0 Å². The van der Waals surface area contributed by atoms with Gasteiger partial charge in [-0.05, 0) is 59.7 Å². The first kappa shape index (κ1) is 17.6. The van der Waals surface area contributed by atoms with Crippen LogP contribution in [0, 0.1) is 0 Å². The van der Waals surface area contributed by atoms with Crippen molar-refractivity contribution in [3.63, 3.8) is 0 Å². The SMILES string of the molecule is O=c1oc2ccccc2c(O)c1C1CC(c2ccc(O)cc2)Cc2ccccc21. The smallest absolute Gasteiger partial charge is 0.343 e. The third-order valence-electron chi connectivity index (χ3n) is 5.95. The van der Waals surface area contributed by atoms with Gasteiger partial charge in [-0.25, -0.2) is 4.79 Å². The highest BCUT2D eigenvalue weighted by molar-refractivity contribution is 5.84. The van der Waals surface area contributed by atoms with E-state index in [4.69, 9.17) is 4.42 Å². The molecule has 2 N–H and O–H groups in total. The third kappa shape index (κ3) is 2.97. The molecule has 29 heavy (non-hydrogen) atoms. The minimum Gasteiger partial charge on any atom is -0.508 e. The number of rotatable bonds is 2. The summed E-state index contributed by atoms with van der Waals surface area (Å²) >= 11 is 0. The molecule has 5 rings (SSSR count). The standard InChI is InChI=1S/C25H20O4/c26-18-11-9-15(10-12-18)17-13-16-5-1-2-6-19(16)21(14-17)23-24(27)20-7-3-4-8-22(20)29-25(23)28/h1-12,17,21,26-27H,13-14H2. The number of aromatic hydroxyl groups is 2. The Kier molecular flexibility index (Phi) is 4.13. The summed E-state index contributed by atoms with van der Waals surface area (Å²) in [6, 6.07) is 22.3. The topological polar surface area (TPSA) is 70.7 Å². The van der Waals surface area contributed by atoms with Crippen molar-refractivity contribution in [2.45, 2.75) is 24.7 Å². The van der Waals surface area contributed by atoms with Crippen LogP contribution in [0.2, 0.25) is 0 Å². The van der Waals surface area contributed by atoms with Gasteiger partial charge in [-0.1, -0.05) is 48.5 Å². The van der Waals surface area contributed by atoms with Gasteiger partial charge in [0.05, 0.1) is 10.9 Å². The van der Waals surface area contributed by atoms with Crippen molar-refractivity contribution in [1.82, 2.24) is 0 Å². The molecule has 0 saturated carbocycles. The summed E-state index contributed by atoms with van der Waals surface area (Å²) in [4.78, 5) is 12.9. The predicted octanol–water partition coefficient (Wildman–Crippen LogP) is 5.07. The summed E-state index contributed by atoms with van der Waals surface area (Å²) in [6.07, 6.45) is 1.52. The van der Waals surface area contributed by atoms with Crippen molar-refractivity contribution in [3.8, 4) is 11.5 Å². The van der Waals surface area contributed by atoms with Gasteiger partial charge in [-0.2, -0.15) is 0 Å². The summed E-state index contributed by atoms with van der Waals surface area (Å²) in [5.74, 6) is 0.137. The molecule has 1 aromatic heterocycles. The van der Waals surface area contributed by atoms with E-state index >= 15 is 0 Å². The van der Waals surface area contributed by atoms with Crippen LogP contribution >= 0.6 is 0 Å². The molecule has 4 aromatic rings. The van der Waals surface area contributed by atoms with Gasteiger partial charge in [0.2, 0.25) is 0 Å². The molecule has 0 aliphatic heterocycles. The predicted molar refractivity (Wildman–Crippen MR) is 112 cm³/mol. The van der Waals surface area contributed by atoms with Gasteiger partial charge in [0.15, 0.2) is 0 Å². The van der Waals surface area contributed by atoms with Crippen molar-refractivity contribution < 1.29 is 14.6 Å². The summed E-state index contributed by atoms with van der Waals surface area (Å²) in [5, 5.41) is 21.2. The van der Waals surface area contributed by atoms with Crippen LogP contribution in [0.1, 0.15) is 40.5 Å². The first-order valence-corrected chi connectivity index (χ1v) is 9.73. The van der Waals surface area contributed by atoms with Gasteiger partial charge in [0.1, 0.15) is 17.1 Å². The summed E-state index contributed by atoms with van der Waals surface area (Å²) < 4.78 is 5.55. The summed E-state index contributed by atoms with van der Waals surface area (Å²) in [5.41, 5.74) is 3.53. The molecule has 1 aliphatic rings. The molecule has 0 radical (unpaired) electrons. The van der Waals surface area contributed by atoms with Crippen LogP contribution in [-0.2, 0) is 6.42 Å². The average molecular weight is 384 g/mol. The molecule has 144 valence electrons. The molecule has 4 heteroatoms. The number of hydrogen-bond donors (Lipinski definition) is 2. The van der Waals surface area contributed by atoms with Crippen molar-refractivity contribution in [2.75, 3.05) is 0 Å². The van der Waals surface area contributed by atoms with E-state index in [2.05, 4.69) is 6.07 Å². The minimum absolute atomic E-state index is 0.00279. The van der Waals surface area contributed by atoms with Crippen LogP contribution in [0.15, 0.2) is 82.0 Å². The van der Waals surface area contributed by atoms with Crippen LogP contribution < -0.4 is 5.63 Å². The molecule has 1 heterocycles. The molecule has 1 aliphatic carbocycles. The Morgan fingerprint density at radius 3 is 2.41 bits per heavy atom.